The number of carbonyl (C=O) groups excluding carboxylic acids is 1. The van der Waals surface area contributed by atoms with Crippen molar-refractivity contribution in [3.05, 3.63) is 0 Å². The summed E-state index contributed by atoms with van der Waals surface area (Å²) in [4.78, 5) is 11.0. The van der Waals surface area contributed by atoms with Crippen molar-refractivity contribution in [3.63, 3.8) is 0 Å². The zero-order valence-electron chi connectivity index (χ0n) is 7.20. The van der Waals surface area contributed by atoms with Gasteiger partial charge in [0.05, 0.1) is 12.0 Å². The molecule has 3 nitrogen and oxygen atoms in total. The molecule has 12 heavy (non-hydrogen) atoms. The molecule has 0 saturated heterocycles. The van der Waals surface area contributed by atoms with Crippen molar-refractivity contribution in [1.82, 2.24) is 0 Å². The van der Waals surface area contributed by atoms with E-state index in [1.807, 2.05) is 6.07 Å². The third-order valence-corrected chi connectivity index (χ3v) is 1.33. The van der Waals surface area contributed by atoms with Gasteiger partial charge in [-0.3, -0.25) is 4.79 Å². The Morgan fingerprint density at radius 3 is 2.67 bits per heavy atom. The maximum Gasteiger partial charge on any atom is 0.310 e. The maximum absolute atomic E-state index is 11.0. The highest BCUT2D eigenvalue weighted by atomic mass is 16.5. The van der Waals surface area contributed by atoms with Crippen LogP contribution in [0, 0.1) is 29.6 Å². The summed E-state index contributed by atoms with van der Waals surface area (Å²) < 4.78 is 4.79. The SMILES string of the molecule is C#CC(C)OC(=O)C(C)CC#N. The van der Waals surface area contributed by atoms with Crippen LogP contribution in [0.2, 0.25) is 0 Å². The van der Waals surface area contributed by atoms with Crippen molar-refractivity contribution in [2.75, 3.05) is 0 Å². The summed E-state index contributed by atoms with van der Waals surface area (Å²) in [6, 6.07) is 1.89. The lowest BCUT2D eigenvalue weighted by Crippen LogP contribution is -2.19. The van der Waals surface area contributed by atoms with E-state index in [4.69, 9.17) is 16.4 Å². The van der Waals surface area contributed by atoms with Crippen molar-refractivity contribution in [2.45, 2.75) is 26.4 Å². The summed E-state index contributed by atoms with van der Waals surface area (Å²) in [5, 5.41) is 8.28. The molecule has 0 heterocycles. The molecule has 0 aliphatic rings. The van der Waals surface area contributed by atoms with Crippen LogP contribution in [-0.4, -0.2) is 12.1 Å². The predicted molar refractivity (Wildman–Crippen MR) is 43.8 cm³/mol. The van der Waals surface area contributed by atoms with Gasteiger partial charge in [0.1, 0.15) is 0 Å². The average molecular weight is 165 g/mol. The molecule has 0 N–H and O–H groups in total. The van der Waals surface area contributed by atoms with Crippen LogP contribution in [0.15, 0.2) is 0 Å². The zero-order valence-corrected chi connectivity index (χ0v) is 7.20. The molecule has 0 spiro atoms. The lowest BCUT2D eigenvalue weighted by Gasteiger charge is -2.09. The zero-order chi connectivity index (χ0) is 9.56. The number of hydrogen-bond acceptors (Lipinski definition) is 3. The first kappa shape index (κ1) is 10.5. The van der Waals surface area contributed by atoms with Crippen LogP contribution in [0.25, 0.3) is 0 Å². The van der Waals surface area contributed by atoms with E-state index in [2.05, 4.69) is 5.92 Å². The fourth-order valence-corrected chi connectivity index (χ4v) is 0.545. The molecule has 0 amide bonds. The second-order valence-electron chi connectivity index (χ2n) is 2.51. The molecule has 0 aliphatic carbocycles. The molecule has 0 aromatic carbocycles. The van der Waals surface area contributed by atoms with Crippen LogP contribution in [0.4, 0.5) is 0 Å². The molecule has 0 aliphatic heterocycles. The lowest BCUT2D eigenvalue weighted by molar-refractivity contribution is -0.149. The first-order chi connectivity index (χ1) is 5.61. The van der Waals surface area contributed by atoms with Crippen LogP contribution in [0.5, 0.6) is 0 Å². The van der Waals surface area contributed by atoms with E-state index in [1.54, 1.807) is 13.8 Å². The lowest BCUT2D eigenvalue weighted by atomic mass is 10.1. The minimum atomic E-state index is -0.515. The maximum atomic E-state index is 11.0. The first-order valence-corrected chi connectivity index (χ1v) is 3.65. The van der Waals surface area contributed by atoms with Crippen LogP contribution >= 0.6 is 0 Å². The molecule has 0 aromatic heterocycles. The number of esters is 1. The van der Waals surface area contributed by atoms with E-state index in [1.165, 1.54) is 0 Å². The largest absolute Gasteiger partial charge is 0.449 e. The average Bonchev–Trinajstić information content (AvgIpc) is 2.04. The van der Waals surface area contributed by atoms with Crippen LogP contribution in [-0.2, 0) is 9.53 Å². The summed E-state index contributed by atoms with van der Waals surface area (Å²) in [5.74, 6) is 1.45. The fraction of sp³-hybridized carbons (Fsp3) is 0.556. The highest BCUT2D eigenvalue weighted by Gasteiger charge is 2.15. The molecule has 0 radical (unpaired) electrons. The second-order valence-corrected chi connectivity index (χ2v) is 2.51. The van der Waals surface area contributed by atoms with Gasteiger partial charge in [-0.2, -0.15) is 5.26 Å². The molecule has 0 saturated carbocycles. The summed E-state index contributed by atoms with van der Waals surface area (Å²) in [7, 11) is 0. The Bertz CT molecular complexity index is 234. The number of terminal acetylenes is 1. The third kappa shape index (κ3) is 3.63. The minimum Gasteiger partial charge on any atom is -0.449 e. The summed E-state index contributed by atoms with van der Waals surface area (Å²) >= 11 is 0. The predicted octanol–water partition coefficient (Wildman–Crippen LogP) is 1.10. The number of nitrogens with zero attached hydrogens (tertiary/aromatic N) is 1. The van der Waals surface area contributed by atoms with E-state index >= 15 is 0 Å². The summed E-state index contributed by atoms with van der Waals surface area (Å²) in [6.45, 7) is 3.24. The van der Waals surface area contributed by atoms with Crippen LogP contribution in [0.3, 0.4) is 0 Å². The minimum absolute atomic E-state index is 0.163. The molecular formula is C9H11NO2. The van der Waals surface area contributed by atoms with Crippen molar-refractivity contribution < 1.29 is 9.53 Å². The van der Waals surface area contributed by atoms with Gasteiger partial charge >= 0.3 is 5.97 Å². The Morgan fingerprint density at radius 2 is 2.25 bits per heavy atom. The number of nitriles is 1. The molecule has 0 fully saturated rings. The molecule has 0 aromatic rings. The van der Waals surface area contributed by atoms with Gasteiger partial charge < -0.3 is 4.74 Å². The Morgan fingerprint density at radius 1 is 1.67 bits per heavy atom. The normalized spacial score (nSPS) is 13.7. The quantitative estimate of drug-likeness (QED) is 0.464. The highest BCUT2D eigenvalue weighted by molar-refractivity contribution is 5.72. The number of rotatable bonds is 3. The van der Waals surface area contributed by atoms with Crippen molar-refractivity contribution in [2.24, 2.45) is 5.92 Å². The molecule has 2 unspecified atom stereocenters. The molecular weight excluding hydrogens is 154 g/mol. The van der Waals surface area contributed by atoms with E-state index in [0.29, 0.717) is 0 Å². The van der Waals surface area contributed by atoms with Gasteiger partial charge in [-0.05, 0) is 6.92 Å². The first-order valence-electron chi connectivity index (χ1n) is 3.65. The Hall–Kier alpha value is -1.48. The molecule has 0 rings (SSSR count). The second kappa shape index (κ2) is 5.21. The standard InChI is InChI=1S/C9H11NO2/c1-4-8(3)12-9(11)7(2)5-6-10/h1,7-8H,5H2,2-3H3. The Kier molecular flexibility index (Phi) is 4.57. The van der Waals surface area contributed by atoms with Crippen LogP contribution in [0.1, 0.15) is 20.3 Å². The number of ether oxygens (including phenoxy) is 1. The van der Waals surface area contributed by atoms with Crippen molar-refractivity contribution in [1.29, 1.82) is 5.26 Å². The molecule has 64 valence electrons. The Balaban J connectivity index is 3.90. The highest BCUT2D eigenvalue weighted by Crippen LogP contribution is 2.04. The van der Waals surface area contributed by atoms with E-state index in [0.717, 1.165) is 0 Å². The molecule has 0 bridgehead atoms. The monoisotopic (exact) mass is 165 g/mol. The van der Waals surface area contributed by atoms with Crippen molar-refractivity contribution in [3.8, 4) is 18.4 Å². The molecule has 3 heteroatoms. The fourth-order valence-electron chi connectivity index (χ4n) is 0.545. The van der Waals surface area contributed by atoms with E-state index in [-0.39, 0.29) is 6.42 Å². The van der Waals surface area contributed by atoms with Gasteiger partial charge in [-0.25, -0.2) is 0 Å². The van der Waals surface area contributed by atoms with Gasteiger partial charge in [0.2, 0.25) is 0 Å². The van der Waals surface area contributed by atoms with Gasteiger partial charge in [-0.15, -0.1) is 6.42 Å². The van der Waals surface area contributed by atoms with E-state index < -0.39 is 18.0 Å². The third-order valence-electron chi connectivity index (χ3n) is 1.33. The summed E-state index contributed by atoms with van der Waals surface area (Å²) in [5.41, 5.74) is 0. The number of carbonyl (C=O) groups is 1. The van der Waals surface area contributed by atoms with Crippen LogP contribution < -0.4 is 0 Å². The van der Waals surface area contributed by atoms with Gasteiger partial charge in [0.15, 0.2) is 6.10 Å². The summed E-state index contributed by atoms with van der Waals surface area (Å²) in [6.07, 6.45) is 4.65. The van der Waals surface area contributed by atoms with Gasteiger partial charge in [0.25, 0.3) is 0 Å². The number of hydrogen-bond donors (Lipinski definition) is 0. The molecule has 2 atom stereocenters. The van der Waals surface area contributed by atoms with Gasteiger partial charge in [0, 0.05) is 6.42 Å². The Labute approximate surface area is 72.3 Å². The smallest absolute Gasteiger partial charge is 0.310 e. The van der Waals surface area contributed by atoms with Crippen molar-refractivity contribution >= 4 is 5.97 Å². The van der Waals surface area contributed by atoms with E-state index in [9.17, 15) is 4.79 Å². The van der Waals surface area contributed by atoms with Gasteiger partial charge in [-0.1, -0.05) is 12.8 Å². The topological polar surface area (TPSA) is 50.1 Å².